The maximum Gasteiger partial charge on any atom is 0.133 e. The highest BCUT2D eigenvalue weighted by molar-refractivity contribution is 6.17. The lowest BCUT2D eigenvalue weighted by atomic mass is 10.1. The lowest BCUT2D eigenvalue weighted by Crippen LogP contribution is -2.23. The van der Waals surface area contributed by atoms with E-state index in [0.717, 1.165) is 29.9 Å². The first-order valence-corrected chi connectivity index (χ1v) is 6.80. The maximum absolute atomic E-state index is 6.05. The van der Waals surface area contributed by atoms with Crippen molar-refractivity contribution in [3.8, 4) is 0 Å². The highest BCUT2D eigenvalue weighted by Crippen LogP contribution is 2.39. The normalized spacial score (nSPS) is 22.6. The average molecular weight is 253 g/mol. The van der Waals surface area contributed by atoms with Crippen LogP contribution in [-0.2, 0) is 5.88 Å². The van der Waals surface area contributed by atoms with E-state index in [1.54, 1.807) is 0 Å². The third kappa shape index (κ3) is 2.74. The van der Waals surface area contributed by atoms with Crippen molar-refractivity contribution in [2.45, 2.75) is 33.1 Å². The molecule has 0 amide bonds. The SMILES string of the molecule is Cc1cc(C)c(CCl)c(N(C)CC2CC2C)n1. The number of aromatic nitrogens is 1. The second kappa shape index (κ2) is 4.85. The molecule has 0 saturated heterocycles. The zero-order valence-corrected chi connectivity index (χ0v) is 11.9. The molecular formula is C14H21ClN2. The standard InChI is InChI=1S/C14H21ClN2/c1-9-6-12(9)8-17(4)14-13(7-15)10(2)5-11(3)16-14/h5,9,12H,6-8H2,1-4H3. The Morgan fingerprint density at radius 1 is 1.47 bits per heavy atom. The lowest BCUT2D eigenvalue weighted by molar-refractivity contribution is 0.716. The van der Waals surface area contributed by atoms with Crippen molar-refractivity contribution in [1.29, 1.82) is 0 Å². The van der Waals surface area contributed by atoms with Crippen LogP contribution in [0.1, 0.15) is 30.2 Å². The summed E-state index contributed by atoms with van der Waals surface area (Å²) in [6.07, 6.45) is 1.35. The highest BCUT2D eigenvalue weighted by Gasteiger charge is 2.33. The molecule has 2 rings (SSSR count). The summed E-state index contributed by atoms with van der Waals surface area (Å²) in [7, 11) is 2.13. The second-order valence-electron chi connectivity index (χ2n) is 5.37. The molecule has 1 fully saturated rings. The number of anilines is 1. The van der Waals surface area contributed by atoms with Gasteiger partial charge in [-0.25, -0.2) is 4.98 Å². The van der Waals surface area contributed by atoms with E-state index in [1.807, 2.05) is 6.92 Å². The molecule has 94 valence electrons. The number of rotatable bonds is 4. The van der Waals surface area contributed by atoms with E-state index in [2.05, 4.69) is 36.8 Å². The predicted molar refractivity (Wildman–Crippen MR) is 73.8 cm³/mol. The Bertz CT molecular complexity index is 417. The fraction of sp³-hybridized carbons (Fsp3) is 0.643. The second-order valence-corrected chi connectivity index (χ2v) is 5.64. The fourth-order valence-electron chi connectivity index (χ4n) is 2.42. The number of aryl methyl sites for hydroxylation is 2. The Morgan fingerprint density at radius 3 is 2.65 bits per heavy atom. The van der Waals surface area contributed by atoms with Gasteiger partial charge in [0.25, 0.3) is 0 Å². The predicted octanol–water partition coefficient (Wildman–Crippen LogP) is 3.53. The minimum Gasteiger partial charge on any atom is -0.359 e. The van der Waals surface area contributed by atoms with Crippen molar-refractivity contribution >= 4 is 17.4 Å². The molecule has 3 heteroatoms. The molecule has 2 unspecified atom stereocenters. The molecule has 0 N–H and O–H groups in total. The molecule has 2 nitrogen and oxygen atoms in total. The van der Waals surface area contributed by atoms with Gasteiger partial charge in [0.05, 0.1) is 5.88 Å². The summed E-state index contributed by atoms with van der Waals surface area (Å²) in [6.45, 7) is 7.57. The Morgan fingerprint density at radius 2 is 2.12 bits per heavy atom. The number of halogens is 1. The van der Waals surface area contributed by atoms with Crippen molar-refractivity contribution in [1.82, 2.24) is 4.98 Å². The van der Waals surface area contributed by atoms with Crippen molar-refractivity contribution in [2.24, 2.45) is 11.8 Å². The molecule has 17 heavy (non-hydrogen) atoms. The monoisotopic (exact) mass is 252 g/mol. The van der Waals surface area contributed by atoms with E-state index in [1.165, 1.54) is 17.5 Å². The smallest absolute Gasteiger partial charge is 0.133 e. The van der Waals surface area contributed by atoms with Crippen molar-refractivity contribution in [3.63, 3.8) is 0 Å². The molecule has 1 heterocycles. The van der Waals surface area contributed by atoms with Crippen molar-refractivity contribution < 1.29 is 0 Å². The molecule has 1 aliphatic rings. The highest BCUT2D eigenvalue weighted by atomic mass is 35.5. The van der Waals surface area contributed by atoms with Crippen LogP contribution < -0.4 is 4.90 Å². The molecule has 2 atom stereocenters. The number of nitrogens with zero attached hydrogens (tertiary/aromatic N) is 2. The third-order valence-corrected chi connectivity index (χ3v) is 4.00. The van der Waals surface area contributed by atoms with Crippen molar-refractivity contribution in [2.75, 3.05) is 18.5 Å². The largest absolute Gasteiger partial charge is 0.359 e. The number of alkyl halides is 1. The van der Waals surface area contributed by atoms with Gasteiger partial charge < -0.3 is 4.90 Å². The van der Waals surface area contributed by atoms with Crippen LogP contribution in [0.3, 0.4) is 0 Å². The van der Waals surface area contributed by atoms with Gasteiger partial charge in [0.15, 0.2) is 0 Å². The summed E-state index contributed by atoms with van der Waals surface area (Å²) in [6, 6.07) is 2.11. The molecular weight excluding hydrogens is 232 g/mol. The first kappa shape index (κ1) is 12.7. The molecule has 1 aromatic heterocycles. The summed E-state index contributed by atoms with van der Waals surface area (Å²) < 4.78 is 0. The van der Waals surface area contributed by atoms with E-state index in [0.29, 0.717) is 5.88 Å². The zero-order chi connectivity index (χ0) is 12.6. The fourth-order valence-corrected chi connectivity index (χ4v) is 2.75. The quantitative estimate of drug-likeness (QED) is 0.763. The summed E-state index contributed by atoms with van der Waals surface area (Å²) in [5.41, 5.74) is 3.49. The third-order valence-electron chi connectivity index (χ3n) is 3.73. The van der Waals surface area contributed by atoms with Gasteiger partial charge in [-0.05, 0) is 43.7 Å². The maximum atomic E-state index is 6.05. The van der Waals surface area contributed by atoms with Crippen LogP contribution in [0.4, 0.5) is 5.82 Å². The molecule has 1 aliphatic carbocycles. The van der Waals surface area contributed by atoms with E-state index in [9.17, 15) is 0 Å². The van der Waals surface area contributed by atoms with Crippen molar-refractivity contribution in [3.05, 3.63) is 22.9 Å². The molecule has 1 aromatic rings. The topological polar surface area (TPSA) is 16.1 Å². The van der Waals surface area contributed by atoms with Gasteiger partial charge >= 0.3 is 0 Å². The van der Waals surface area contributed by atoms with Gasteiger partial charge in [-0.3, -0.25) is 0 Å². The van der Waals surface area contributed by atoms with Crippen LogP contribution in [0.15, 0.2) is 6.07 Å². The first-order chi connectivity index (χ1) is 8.02. The molecule has 0 aromatic carbocycles. The van der Waals surface area contributed by atoms with Gasteiger partial charge in [0.2, 0.25) is 0 Å². The number of hydrogen-bond acceptors (Lipinski definition) is 2. The van der Waals surface area contributed by atoms with Crippen LogP contribution in [0, 0.1) is 25.7 Å². The van der Waals surface area contributed by atoms with Gasteiger partial charge in [0.1, 0.15) is 5.82 Å². The van der Waals surface area contributed by atoms with E-state index in [4.69, 9.17) is 11.6 Å². The van der Waals surface area contributed by atoms with Crippen LogP contribution in [0.2, 0.25) is 0 Å². The van der Waals surface area contributed by atoms with Gasteiger partial charge in [-0.15, -0.1) is 11.6 Å². The lowest BCUT2D eigenvalue weighted by Gasteiger charge is -2.22. The minimum absolute atomic E-state index is 0.541. The summed E-state index contributed by atoms with van der Waals surface area (Å²) >= 11 is 6.05. The molecule has 0 radical (unpaired) electrons. The van der Waals surface area contributed by atoms with Crippen LogP contribution in [0.5, 0.6) is 0 Å². The average Bonchev–Trinajstić information content (AvgIpc) is 2.93. The minimum atomic E-state index is 0.541. The zero-order valence-electron chi connectivity index (χ0n) is 11.1. The van der Waals surface area contributed by atoms with E-state index in [-0.39, 0.29) is 0 Å². The molecule has 1 saturated carbocycles. The van der Waals surface area contributed by atoms with E-state index < -0.39 is 0 Å². The van der Waals surface area contributed by atoms with Crippen LogP contribution in [-0.4, -0.2) is 18.6 Å². The summed E-state index contributed by atoms with van der Waals surface area (Å²) in [5, 5.41) is 0. The summed E-state index contributed by atoms with van der Waals surface area (Å²) in [5.74, 6) is 3.32. The first-order valence-electron chi connectivity index (χ1n) is 6.27. The van der Waals surface area contributed by atoms with Gasteiger partial charge in [-0.2, -0.15) is 0 Å². The number of hydrogen-bond donors (Lipinski definition) is 0. The summed E-state index contributed by atoms with van der Waals surface area (Å²) in [4.78, 5) is 6.92. The Labute approximate surface area is 109 Å². The Hall–Kier alpha value is -0.760. The molecule has 0 spiro atoms. The van der Waals surface area contributed by atoms with Crippen LogP contribution in [0.25, 0.3) is 0 Å². The van der Waals surface area contributed by atoms with Gasteiger partial charge in [0, 0.05) is 24.8 Å². The molecule has 0 aliphatic heterocycles. The Balaban J connectivity index is 2.23. The Kier molecular flexibility index (Phi) is 3.62. The van der Waals surface area contributed by atoms with E-state index >= 15 is 0 Å². The number of pyridine rings is 1. The molecule has 0 bridgehead atoms. The van der Waals surface area contributed by atoms with Gasteiger partial charge in [-0.1, -0.05) is 6.92 Å². The van der Waals surface area contributed by atoms with Crippen LogP contribution >= 0.6 is 11.6 Å².